The van der Waals surface area contributed by atoms with E-state index in [1.165, 1.54) is 16.2 Å². The first-order valence-corrected chi connectivity index (χ1v) is 7.16. The van der Waals surface area contributed by atoms with Crippen molar-refractivity contribution >= 4 is 28.4 Å². The van der Waals surface area contributed by atoms with Gasteiger partial charge in [-0.3, -0.25) is 19.5 Å². The Morgan fingerprint density at radius 2 is 1.96 bits per heavy atom. The van der Waals surface area contributed by atoms with Crippen molar-refractivity contribution in [1.82, 2.24) is 15.3 Å². The van der Waals surface area contributed by atoms with Gasteiger partial charge in [-0.25, -0.2) is 5.48 Å². The summed E-state index contributed by atoms with van der Waals surface area (Å²) >= 11 is 5.95. The lowest BCUT2D eigenvalue weighted by Crippen LogP contribution is -2.30. The van der Waals surface area contributed by atoms with Gasteiger partial charge in [0.25, 0.3) is 5.91 Å². The third kappa shape index (κ3) is 2.94. The molecule has 3 aromatic rings. The van der Waals surface area contributed by atoms with Crippen LogP contribution >= 0.6 is 11.6 Å². The first-order valence-electron chi connectivity index (χ1n) is 6.79. The Morgan fingerprint density at radius 3 is 2.65 bits per heavy atom. The predicted molar refractivity (Wildman–Crippen MR) is 85.8 cm³/mol. The highest BCUT2D eigenvalue weighted by molar-refractivity contribution is 6.31. The number of hydrogen-bond donors (Lipinski definition) is 2. The molecular weight excluding hydrogens is 318 g/mol. The SMILES string of the molecule is O=C(NO)c1nn(Cc2ccccc2)c2ccc(Cl)cc2c1=O. The fourth-order valence-electron chi connectivity index (χ4n) is 2.34. The van der Waals surface area contributed by atoms with E-state index in [2.05, 4.69) is 5.10 Å². The summed E-state index contributed by atoms with van der Waals surface area (Å²) in [7, 11) is 0. The number of fused-ring (bicyclic) bond motifs is 1. The molecule has 2 aromatic carbocycles. The predicted octanol–water partition coefficient (Wildman–Crippen LogP) is 2.22. The third-order valence-corrected chi connectivity index (χ3v) is 3.64. The van der Waals surface area contributed by atoms with Gasteiger partial charge in [-0.1, -0.05) is 41.9 Å². The molecule has 1 amide bonds. The van der Waals surface area contributed by atoms with E-state index in [1.54, 1.807) is 12.1 Å². The number of halogens is 1. The van der Waals surface area contributed by atoms with Crippen LogP contribution in [0.4, 0.5) is 0 Å². The van der Waals surface area contributed by atoms with Crippen LogP contribution in [0.5, 0.6) is 0 Å². The minimum atomic E-state index is -0.960. The van der Waals surface area contributed by atoms with Crippen molar-refractivity contribution in [3.8, 4) is 0 Å². The Morgan fingerprint density at radius 1 is 1.22 bits per heavy atom. The van der Waals surface area contributed by atoms with Crippen LogP contribution in [0.2, 0.25) is 5.02 Å². The molecule has 0 atom stereocenters. The summed E-state index contributed by atoms with van der Waals surface area (Å²) in [4.78, 5) is 24.1. The molecule has 0 radical (unpaired) electrons. The van der Waals surface area contributed by atoms with Crippen LogP contribution in [-0.4, -0.2) is 20.9 Å². The second kappa shape index (κ2) is 6.20. The number of aromatic nitrogens is 2. The van der Waals surface area contributed by atoms with Crippen LogP contribution in [-0.2, 0) is 6.54 Å². The van der Waals surface area contributed by atoms with Gasteiger partial charge in [-0.2, -0.15) is 5.10 Å². The number of benzene rings is 2. The summed E-state index contributed by atoms with van der Waals surface area (Å²) < 4.78 is 1.53. The maximum atomic E-state index is 12.4. The van der Waals surface area contributed by atoms with E-state index >= 15 is 0 Å². The molecule has 0 unspecified atom stereocenters. The van der Waals surface area contributed by atoms with Gasteiger partial charge in [0.15, 0.2) is 5.69 Å². The largest absolute Gasteiger partial charge is 0.299 e. The molecule has 3 rings (SSSR count). The Kier molecular flexibility index (Phi) is 4.10. The fourth-order valence-corrected chi connectivity index (χ4v) is 2.51. The van der Waals surface area contributed by atoms with Crippen molar-refractivity contribution in [2.45, 2.75) is 6.54 Å². The Balaban J connectivity index is 2.25. The average molecular weight is 330 g/mol. The number of hydroxylamine groups is 1. The van der Waals surface area contributed by atoms with Crippen molar-refractivity contribution in [1.29, 1.82) is 0 Å². The number of rotatable bonds is 3. The normalized spacial score (nSPS) is 10.7. The van der Waals surface area contributed by atoms with E-state index in [4.69, 9.17) is 16.8 Å². The van der Waals surface area contributed by atoms with Crippen molar-refractivity contribution in [2.24, 2.45) is 0 Å². The summed E-state index contributed by atoms with van der Waals surface area (Å²) in [5, 5.41) is 13.5. The standard InChI is InChI=1S/C16H12ClN3O3/c17-11-6-7-13-12(8-11)15(21)14(16(22)19-23)18-20(13)9-10-4-2-1-3-5-10/h1-8,23H,9H2,(H,19,22). The second-order valence-corrected chi connectivity index (χ2v) is 5.36. The molecule has 1 aromatic heterocycles. The number of amides is 1. The van der Waals surface area contributed by atoms with Gasteiger partial charge in [-0.05, 0) is 23.8 Å². The molecule has 116 valence electrons. The zero-order valence-corrected chi connectivity index (χ0v) is 12.6. The van der Waals surface area contributed by atoms with Gasteiger partial charge in [0, 0.05) is 5.02 Å². The smallest absolute Gasteiger partial charge is 0.288 e. The third-order valence-electron chi connectivity index (χ3n) is 3.41. The maximum Gasteiger partial charge on any atom is 0.299 e. The van der Waals surface area contributed by atoms with Crippen molar-refractivity contribution in [3.63, 3.8) is 0 Å². The first-order chi connectivity index (χ1) is 11.1. The van der Waals surface area contributed by atoms with E-state index in [-0.39, 0.29) is 5.39 Å². The molecule has 2 N–H and O–H groups in total. The maximum absolute atomic E-state index is 12.4. The molecule has 0 saturated carbocycles. The van der Waals surface area contributed by atoms with Crippen molar-refractivity contribution in [2.75, 3.05) is 0 Å². The van der Waals surface area contributed by atoms with E-state index in [0.717, 1.165) is 5.56 Å². The molecule has 0 aliphatic rings. The van der Waals surface area contributed by atoms with Crippen LogP contribution in [0.1, 0.15) is 16.1 Å². The lowest BCUT2D eigenvalue weighted by Gasteiger charge is -2.12. The van der Waals surface area contributed by atoms with Gasteiger partial charge in [0.1, 0.15) is 0 Å². The molecular formula is C16H12ClN3O3. The second-order valence-electron chi connectivity index (χ2n) is 4.92. The first kappa shape index (κ1) is 15.2. The quantitative estimate of drug-likeness (QED) is 0.570. The van der Waals surface area contributed by atoms with Gasteiger partial charge in [0.2, 0.25) is 5.43 Å². The Bertz CT molecular complexity index is 938. The molecule has 0 aliphatic heterocycles. The number of nitrogens with one attached hydrogen (secondary N) is 1. The molecule has 1 heterocycles. The topological polar surface area (TPSA) is 84.2 Å². The molecule has 0 fully saturated rings. The zero-order chi connectivity index (χ0) is 16.4. The summed E-state index contributed by atoms with van der Waals surface area (Å²) in [6.07, 6.45) is 0. The summed E-state index contributed by atoms with van der Waals surface area (Å²) in [5.41, 5.74) is 1.98. The highest BCUT2D eigenvalue weighted by atomic mass is 35.5. The highest BCUT2D eigenvalue weighted by Gasteiger charge is 2.17. The molecule has 0 spiro atoms. The lowest BCUT2D eigenvalue weighted by molar-refractivity contribution is 0.0697. The minimum absolute atomic E-state index is 0.266. The fraction of sp³-hybridized carbons (Fsp3) is 0.0625. The number of carbonyl (C=O) groups is 1. The monoisotopic (exact) mass is 329 g/mol. The average Bonchev–Trinajstić information content (AvgIpc) is 2.57. The zero-order valence-electron chi connectivity index (χ0n) is 11.9. The lowest BCUT2D eigenvalue weighted by atomic mass is 10.1. The Labute approximate surface area is 135 Å². The number of nitrogens with zero attached hydrogens (tertiary/aromatic N) is 2. The van der Waals surface area contributed by atoms with Gasteiger partial charge in [-0.15, -0.1) is 0 Å². The van der Waals surface area contributed by atoms with Crippen LogP contribution in [0, 0.1) is 0 Å². The van der Waals surface area contributed by atoms with Gasteiger partial charge >= 0.3 is 0 Å². The molecule has 0 aliphatic carbocycles. The van der Waals surface area contributed by atoms with Gasteiger partial charge < -0.3 is 0 Å². The molecule has 0 saturated heterocycles. The summed E-state index contributed by atoms with van der Waals surface area (Å²) in [5.74, 6) is -0.960. The van der Waals surface area contributed by atoms with Gasteiger partial charge in [0.05, 0.1) is 17.4 Å². The van der Waals surface area contributed by atoms with E-state index in [0.29, 0.717) is 17.1 Å². The minimum Gasteiger partial charge on any atom is -0.288 e. The van der Waals surface area contributed by atoms with Crippen molar-refractivity contribution in [3.05, 3.63) is 75.0 Å². The summed E-state index contributed by atoms with van der Waals surface area (Å²) in [6.45, 7) is 0.366. The summed E-state index contributed by atoms with van der Waals surface area (Å²) in [6, 6.07) is 14.3. The Hall–Kier alpha value is -2.70. The van der Waals surface area contributed by atoms with E-state index in [9.17, 15) is 9.59 Å². The molecule has 6 nitrogen and oxygen atoms in total. The molecule has 0 bridgehead atoms. The van der Waals surface area contributed by atoms with Crippen LogP contribution in [0.3, 0.4) is 0 Å². The number of carbonyl (C=O) groups excluding carboxylic acids is 1. The molecule has 23 heavy (non-hydrogen) atoms. The van der Waals surface area contributed by atoms with Crippen LogP contribution in [0.25, 0.3) is 10.9 Å². The van der Waals surface area contributed by atoms with Crippen LogP contribution < -0.4 is 10.9 Å². The van der Waals surface area contributed by atoms with Crippen LogP contribution in [0.15, 0.2) is 53.3 Å². The van der Waals surface area contributed by atoms with Crippen molar-refractivity contribution < 1.29 is 10.0 Å². The van der Waals surface area contributed by atoms with E-state index in [1.807, 2.05) is 30.3 Å². The number of hydrogen-bond acceptors (Lipinski definition) is 4. The molecule has 7 heteroatoms. The highest BCUT2D eigenvalue weighted by Crippen LogP contribution is 2.17. The van der Waals surface area contributed by atoms with E-state index < -0.39 is 17.0 Å².